The summed E-state index contributed by atoms with van der Waals surface area (Å²) in [6, 6.07) is 5.10. The number of piperidine rings is 1. The van der Waals surface area contributed by atoms with E-state index in [1.807, 2.05) is 29.6 Å². The number of morpholine rings is 1. The predicted octanol–water partition coefficient (Wildman–Crippen LogP) is 2.02. The van der Waals surface area contributed by atoms with Crippen molar-refractivity contribution in [1.82, 2.24) is 18.8 Å². The second kappa shape index (κ2) is 9.10. The molecule has 2 aliphatic heterocycles. The van der Waals surface area contributed by atoms with Crippen LogP contribution in [0.5, 0.6) is 0 Å². The summed E-state index contributed by atoms with van der Waals surface area (Å²) >= 11 is 0. The Morgan fingerprint density at radius 2 is 2.00 bits per heavy atom. The van der Waals surface area contributed by atoms with Crippen LogP contribution < -0.4 is 0 Å². The lowest BCUT2D eigenvalue weighted by Crippen LogP contribution is -2.41. The standard InChI is InChI=1S/C22H30N4O4S/c1-3-17-6-7-18(15-20(17)31(28,29)26-11-13-30-14-12-26)22(27)25-9-4-5-19(16-25)21-23-8-10-24(21)2/h6-8,10,15,19H,3-5,9,11-14,16H2,1-2H3. The Bertz CT molecular complexity index is 1040. The summed E-state index contributed by atoms with van der Waals surface area (Å²) < 4.78 is 35.4. The Hall–Kier alpha value is -2.23. The van der Waals surface area contributed by atoms with Crippen LogP contribution in [0.3, 0.4) is 0 Å². The Morgan fingerprint density at radius 1 is 1.23 bits per heavy atom. The Morgan fingerprint density at radius 3 is 2.68 bits per heavy atom. The number of rotatable bonds is 5. The van der Waals surface area contributed by atoms with Gasteiger partial charge in [0.2, 0.25) is 10.0 Å². The molecule has 0 saturated carbocycles. The number of amides is 1. The summed E-state index contributed by atoms with van der Waals surface area (Å²) in [5.41, 5.74) is 1.15. The third kappa shape index (κ3) is 4.40. The molecule has 0 radical (unpaired) electrons. The molecule has 4 rings (SSSR count). The maximum atomic E-state index is 13.3. The van der Waals surface area contributed by atoms with Crippen LogP contribution in [0.2, 0.25) is 0 Å². The fourth-order valence-corrected chi connectivity index (χ4v) is 6.20. The molecule has 1 aromatic heterocycles. The molecule has 0 bridgehead atoms. The first-order valence-corrected chi connectivity index (χ1v) is 12.3. The van der Waals surface area contributed by atoms with E-state index in [1.165, 1.54) is 4.31 Å². The van der Waals surface area contributed by atoms with Crippen LogP contribution >= 0.6 is 0 Å². The van der Waals surface area contributed by atoms with Crippen molar-refractivity contribution in [3.05, 3.63) is 47.5 Å². The highest BCUT2D eigenvalue weighted by atomic mass is 32.2. The van der Waals surface area contributed by atoms with Gasteiger partial charge in [-0.2, -0.15) is 4.31 Å². The van der Waals surface area contributed by atoms with Crippen molar-refractivity contribution >= 4 is 15.9 Å². The molecule has 1 amide bonds. The number of sulfonamides is 1. The number of nitrogens with zero attached hydrogens (tertiary/aromatic N) is 4. The molecule has 1 unspecified atom stereocenters. The van der Waals surface area contributed by atoms with Crippen LogP contribution in [-0.4, -0.2) is 72.5 Å². The van der Waals surface area contributed by atoms with E-state index in [0.717, 1.165) is 24.2 Å². The van der Waals surface area contributed by atoms with Crippen molar-refractivity contribution in [1.29, 1.82) is 0 Å². The van der Waals surface area contributed by atoms with Crippen LogP contribution in [0, 0.1) is 0 Å². The second-order valence-corrected chi connectivity index (χ2v) is 10.1. The van der Waals surface area contributed by atoms with Crippen molar-refractivity contribution in [3.63, 3.8) is 0 Å². The van der Waals surface area contributed by atoms with Gasteiger partial charge in [0.1, 0.15) is 5.82 Å². The van der Waals surface area contributed by atoms with Crippen molar-refractivity contribution in [3.8, 4) is 0 Å². The van der Waals surface area contributed by atoms with E-state index in [4.69, 9.17) is 4.74 Å². The minimum Gasteiger partial charge on any atom is -0.379 e. The SMILES string of the molecule is CCc1ccc(C(=O)N2CCCC(c3nccn3C)C2)cc1S(=O)(=O)N1CCOCC1. The molecule has 1 atom stereocenters. The highest BCUT2D eigenvalue weighted by molar-refractivity contribution is 7.89. The summed E-state index contributed by atoms with van der Waals surface area (Å²) in [5.74, 6) is 1.04. The van der Waals surface area contributed by atoms with Gasteiger partial charge in [-0.05, 0) is 37.0 Å². The maximum absolute atomic E-state index is 13.3. The molecular formula is C22H30N4O4S. The van der Waals surface area contributed by atoms with E-state index in [0.29, 0.717) is 51.4 Å². The predicted molar refractivity (Wildman–Crippen MR) is 116 cm³/mol. The lowest BCUT2D eigenvalue weighted by Gasteiger charge is -2.33. The highest BCUT2D eigenvalue weighted by Gasteiger charge is 2.31. The van der Waals surface area contributed by atoms with E-state index < -0.39 is 10.0 Å². The quantitative estimate of drug-likeness (QED) is 0.702. The van der Waals surface area contributed by atoms with Gasteiger partial charge in [-0.1, -0.05) is 13.0 Å². The van der Waals surface area contributed by atoms with Crippen LogP contribution in [-0.2, 0) is 28.2 Å². The Labute approximate surface area is 183 Å². The summed E-state index contributed by atoms with van der Waals surface area (Å²) in [7, 11) is -1.71. The number of likely N-dealkylation sites (tertiary alicyclic amines) is 1. The number of imidazole rings is 1. The lowest BCUT2D eigenvalue weighted by molar-refractivity contribution is 0.0702. The molecule has 0 spiro atoms. The van der Waals surface area contributed by atoms with Gasteiger partial charge in [-0.25, -0.2) is 13.4 Å². The van der Waals surface area contributed by atoms with E-state index >= 15 is 0 Å². The summed E-state index contributed by atoms with van der Waals surface area (Å²) in [6.45, 7) is 4.63. The summed E-state index contributed by atoms with van der Waals surface area (Å²) in [4.78, 5) is 19.8. The molecule has 0 aliphatic carbocycles. The fraction of sp³-hybridized carbons (Fsp3) is 0.545. The van der Waals surface area contributed by atoms with Gasteiger partial charge in [0.15, 0.2) is 0 Å². The zero-order chi connectivity index (χ0) is 22.0. The molecule has 31 heavy (non-hydrogen) atoms. The number of carbonyl (C=O) groups excluding carboxylic acids is 1. The first-order valence-electron chi connectivity index (χ1n) is 10.9. The second-order valence-electron chi connectivity index (χ2n) is 8.18. The normalized spacial score (nSPS) is 20.7. The van der Waals surface area contributed by atoms with Crippen LogP contribution in [0.25, 0.3) is 0 Å². The van der Waals surface area contributed by atoms with Gasteiger partial charge in [0.05, 0.1) is 18.1 Å². The smallest absolute Gasteiger partial charge is 0.253 e. The summed E-state index contributed by atoms with van der Waals surface area (Å²) in [5, 5.41) is 0. The monoisotopic (exact) mass is 446 g/mol. The largest absolute Gasteiger partial charge is 0.379 e. The van der Waals surface area contributed by atoms with Gasteiger partial charge in [0.25, 0.3) is 5.91 Å². The first kappa shape index (κ1) is 22.0. The maximum Gasteiger partial charge on any atom is 0.253 e. The molecular weight excluding hydrogens is 416 g/mol. The molecule has 3 heterocycles. The Kier molecular flexibility index (Phi) is 6.45. The lowest BCUT2D eigenvalue weighted by atomic mass is 9.96. The zero-order valence-electron chi connectivity index (χ0n) is 18.2. The molecule has 8 nitrogen and oxygen atoms in total. The third-order valence-corrected chi connectivity index (χ3v) is 8.20. The Balaban J connectivity index is 1.60. The van der Waals surface area contributed by atoms with E-state index in [-0.39, 0.29) is 16.7 Å². The molecule has 0 N–H and O–H groups in total. The van der Waals surface area contributed by atoms with Crippen LogP contribution in [0.4, 0.5) is 0 Å². The number of ether oxygens (including phenoxy) is 1. The van der Waals surface area contributed by atoms with Gasteiger partial charge < -0.3 is 14.2 Å². The number of aryl methyl sites for hydroxylation is 2. The van der Waals surface area contributed by atoms with Crippen molar-refractivity contribution in [2.45, 2.75) is 37.0 Å². The molecule has 2 saturated heterocycles. The van der Waals surface area contributed by atoms with E-state index in [1.54, 1.807) is 24.4 Å². The number of hydrogen-bond donors (Lipinski definition) is 0. The zero-order valence-corrected chi connectivity index (χ0v) is 19.0. The minimum absolute atomic E-state index is 0.125. The number of benzene rings is 1. The van der Waals surface area contributed by atoms with Gasteiger partial charge in [-0.3, -0.25) is 4.79 Å². The van der Waals surface area contributed by atoms with Gasteiger partial charge in [-0.15, -0.1) is 0 Å². The van der Waals surface area contributed by atoms with Crippen LogP contribution in [0.1, 0.15) is 47.4 Å². The highest BCUT2D eigenvalue weighted by Crippen LogP contribution is 2.28. The number of carbonyl (C=O) groups is 1. The van der Waals surface area contributed by atoms with Gasteiger partial charge in [0, 0.05) is 57.1 Å². The van der Waals surface area contributed by atoms with Crippen molar-refractivity contribution in [2.24, 2.45) is 7.05 Å². The first-order chi connectivity index (χ1) is 14.9. The molecule has 2 fully saturated rings. The minimum atomic E-state index is -3.67. The van der Waals surface area contributed by atoms with Gasteiger partial charge >= 0.3 is 0 Å². The molecule has 168 valence electrons. The number of hydrogen-bond acceptors (Lipinski definition) is 5. The van der Waals surface area contributed by atoms with E-state index in [9.17, 15) is 13.2 Å². The topological polar surface area (TPSA) is 84.7 Å². The molecule has 9 heteroatoms. The average molecular weight is 447 g/mol. The van der Waals surface area contributed by atoms with Crippen LogP contribution in [0.15, 0.2) is 35.5 Å². The fourth-order valence-electron chi connectivity index (χ4n) is 4.47. The molecule has 1 aromatic carbocycles. The van der Waals surface area contributed by atoms with Crippen molar-refractivity contribution in [2.75, 3.05) is 39.4 Å². The molecule has 2 aromatic rings. The summed E-state index contributed by atoms with van der Waals surface area (Å²) in [6.07, 6.45) is 6.17. The number of aromatic nitrogens is 2. The average Bonchev–Trinajstić information content (AvgIpc) is 3.24. The third-order valence-electron chi connectivity index (χ3n) is 6.22. The molecule has 2 aliphatic rings. The van der Waals surface area contributed by atoms with Crippen molar-refractivity contribution < 1.29 is 17.9 Å². The van der Waals surface area contributed by atoms with E-state index in [2.05, 4.69) is 4.98 Å².